The van der Waals surface area contributed by atoms with E-state index >= 15 is 0 Å². The topological polar surface area (TPSA) is 218 Å². The number of halogens is 2. The van der Waals surface area contributed by atoms with E-state index in [1.165, 1.54) is 20.0 Å². The van der Waals surface area contributed by atoms with E-state index in [1.807, 2.05) is 4.90 Å². The molecule has 0 radical (unpaired) electrons. The number of nitrogens with one attached hydrogen (secondary N) is 2. The lowest BCUT2D eigenvalue weighted by molar-refractivity contribution is -0.135. The lowest BCUT2D eigenvalue weighted by atomic mass is 9.78. The van der Waals surface area contributed by atoms with Crippen molar-refractivity contribution < 1.29 is 28.0 Å². The van der Waals surface area contributed by atoms with Gasteiger partial charge in [-0.25, -0.2) is 27.6 Å². The Balaban J connectivity index is 0.730. The third-order valence-electron chi connectivity index (χ3n) is 13.9. The molecular formula is C43H48F2N14O5. The van der Waals surface area contributed by atoms with Gasteiger partial charge in [0.25, 0.3) is 6.43 Å². The molecule has 19 nitrogen and oxygen atoms in total. The first-order chi connectivity index (χ1) is 30.8. The minimum atomic E-state index is -2.81. The fourth-order valence-corrected chi connectivity index (χ4v) is 10.4. The van der Waals surface area contributed by atoms with Crippen molar-refractivity contribution in [3.8, 4) is 17.1 Å². The number of piperidine rings is 2. The summed E-state index contributed by atoms with van der Waals surface area (Å²) in [6.07, 6.45) is 8.49. The van der Waals surface area contributed by atoms with Gasteiger partial charge < -0.3 is 20.9 Å². The number of urea groups is 1. The van der Waals surface area contributed by atoms with Crippen molar-refractivity contribution in [1.29, 1.82) is 0 Å². The number of hydrogen-bond donors (Lipinski definition) is 3. The van der Waals surface area contributed by atoms with E-state index in [0.29, 0.717) is 52.6 Å². The highest BCUT2D eigenvalue weighted by molar-refractivity contribution is 6.02. The number of hydrogen-bond acceptors (Lipinski definition) is 10. The second-order valence-corrected chi connectivity index (χ2v) is 17.8. The summed E-state index contributed by atoms with van der Waals surface area (Å²) in [7, 11) is 1.61. The lowest BCUT2D eigenvalue weighted by Crippen LogP contribution is -2.46. The number of fused-ring (bicyclic) bond motifs is 2. The summed E-state index contributed by atoms with van der Waals surface area (Å²) in [4.78, 5) is 67.4. The number of nitrogens with two attached hydrogens (primary N) is 1. The van der Waals surface area contributed by atoms with Gasteiger partial charge in [0.15, 0.2) is 5.69 Å². The molecule has 3 aliphatic heterocycles. The summed E-state index contributed by atoms with van der Waals surface area (Å²) in [5.41, 5.74) is 8.30. The zero-order chi connectivity index (χ0) is 44.4. The van der Waals surface area contributed by atoms with E-state index in [9.17, 15) is 32.8 Å². The number of amides is 5. The van der Waals surface area contributed by atoms with Crippen LogP contribution < -0.4 is 22.1 Å². The molecule has 334 valence electrons. The van der Waals surface area contributed by atoms with Gasteiger partial charge in [0.2, 0.25) is 17.7 Å². The number of alkyl halides is 2. The molecule has 1 atom stereocenters. The van der Waals surface area contributed by atoms with Crippen molar-refractivity contribution in [3.05, 3.63) is 76.7 Å². The molecule has 8 heterocycles. The van der Waals surface area contributed by atoms with E-state index < -0.39 is 30.0 Å². The Morgan fingerprint density at radius 3 is 2.53 bits per heavy atom. The summed E-state index contributed by atoms with van der Waals surface area (Å²) in [6.45, 7) is 4.16. The van der Waals surface area contributed by atoms with Gasteiger partial charge in [0, 0.05) is 39.6 Å². The number of carbonyl (C=O) groups excluding carboxylic acids is 4. The summed E-state index contributed by atoms with van der Waals surface area (Å²) in [5.74, 6) is -0.990. The maximum absolute atomic E-state index is 14.4. The Labute approximate surface area is 364 Å². The predicted octanol–water partition coefficient (Wildman–Crippen LogP) is 4.20. The Bertz CT molecular complexity index is 2880. The van der Waals surface area contributed by atoms with Crippen LogP contribution in [-0.2, 0) is 16.6 Å². The Hall–Kier alpha value is -6.77. The van der Waals surface area contributed by atoms with Crippen LogP contribution in [0.1, 0.15) is 92.3 Å². The first-order valence-electron chi connectivity index (χ1n) is 21.7. The third-order valence-corrected chi connectivity index (χ3v) is 13.9. The smallest absolute Gasteiger partial charge is 0.329 e. The molecule has 64 heavy (non-hydrogen) atoms. The minimum Gasteiger partial charge on any atom is -0.366 e. The molecule has 1 unspecified atom stereocenters. The van der Waals surface area contributed by atoms with Gasteiger partial charge in [-0.05, 0) is 99.6 Å². The summed E-state index contributed by atoms with van der Waals surface area (Å²) in [6, 6.07) is 9.29. The molecular weight excluding hydrogens is 831 g/mol. The largest absolute Gasteiger partial charge is 0.366 e. The number of anilines is 1. The zero-order valence-electron chi connectivity index (χ0n) is 35.2. The van der Waals surface area contributed by atoms with Crippen molar-refractivity contribution in [2.24, 2.45) is 24.1 Å². The number of rotatable bonds is 9. The van der Waals surface area contributed by atoms with Gasteiger partial charge in [-0.1, -0.05) is 11.3 Å². The molecule has 1 spiro atoms. The fraction of sp³-hybridized carbons (Fsp3) is 0.465. The highest BCUT2D eigenvalue weighted by Crippen LogP contribution is 2.42. The van der Waals surface area contributed by atoms with Crippen LogP contribution in [0.3, 0.4) is 0 Å². The van der Waals surface area contributed by atoms with Crippen molar-refractivity contribution >= 4 is 46.0 Å². The first-order valence-corrected chi connectivity index (χ1v) is 21.7. The van der Waals surface area contributed by atoms with Gasteiger partial charge in [-0.15, -0.1) is 5.10 Å². The van der Waals surface area contributed by atoms with Crippen LogP contribution in [0.2, 0.25) is 0 Å². The average molecular weight is 879 g/mol. The predicted molar refractivity (Wildman–Crippen MR) is 228 cm³/mol. The summed E-state index contributed by atoms with van der Waals surface area (Å²) < 4.78 is 36.2. The molecule has 1 aliphatic carbocycles. The second kappa shape index (κ2) is 16.1. The molecule has 1 aromatic carbocycles. The maximum Gasteiger partial charge on any atom is 0.329 e. The van der Waals surface area contributed by atoms with Crippen LogP contribution in [0.4, 0.5) is 19.3 Å². The molecule has 5 aromatic heterocycles. The maximum atomic E-state index is 14.4. The number of para-hydroxylation sites is 1. The molecule has 3 saturated heterocycles. The number of imide groups is 1. The standard InChI is InChI=1S/C43H48F2N14O5/c1-53-37-29(3-2-4-32(37)58(42(53)64)33-11-12-35(60)49-40(33)62)48-41(63)55-17-14-43(15-18-55)13-16-54(24-43)21-25-5-7-27(8-6-25)56-23-34(36(51-56)38(44)45)57-22-30(50-52-57)31-10-9-28-19-26(39(46)61)20-47-59(28)31/h2-4,9-10,19-20,22-23,25,27,33,38H,5-8,11-18,21,24H2,1H3,(H2,46,61)(H,48,63)(H,49,60,62). The van der Waals surface area contributed by atoms with E-state index in [0.717, 1.165) is 64.6 Å². The molecule has 10 rings (SSSR count). The fourth-order valence-electron chi connectivity index (χ4n) is 10.4. The quantitative estimate of drug-likeness (QED) is 0.176. The Morgan fingerprint density at radius 1 is 1.00 bits per heavy atom. The number of aromatic nitrogens is 9. The van der Waals surface area contributed by atoms with Crippen molar-refractivity contribution in [3.63, 3.8) is 0 Å². The van der Waals surface area contributed by atoms with Crippen molar-refractivity contribution in [1.82, 2.24) is 58.6 Å². The van der Waals surface area contributed by atoms with E-state index in [4.69, 9.17) is 5.73 Å². The zero-order valence-corrected chi connectivity index (χ0v) is 35.2. The number of aryl methyl sites for hydroxylation is 1. The molecule has 6 aromatic rings. The molecule has 0 bridgehead atoms. The monoisotopic (exact) mass is 878 g/mol. The van der Waals surface area contributed by atoms with Crippen LogP contribution in [0.25, 0.3) is 33.6 Å². The van der Waals surface area contributed by atoms with Crippen molar-refractivity contribution in [2.75, 3.05) is 38.0 Å². The van der Waals surface area contributed by atoms with Crippen LogP contribution in [-0.4, -0.2) is 110 Å². The normalized spacial score (nSPS) is 21.7. The molecule has 4 aliphatic rings. The number of imidazole rings is 1. The first kappa shape index (κ1) is 41.3. The average Bonchev–Trinajstić information content (AvgIpc) is 4.13. The lowest BCUT2D eigenvalue weighted by Gasteiger charge is -2.39. The number of carbonyl (C=O) groups is 4. The molecule has 1 saturated carbocycles. The van der Waals surface area contributed by atoms with Crippen LogP contribution >= 0.6 is 0 Å². The highest BCUT2D eigenvalue weighted by atomic mass is 19.3. The van der Waals surface area contributed by atoms with Gasteiger partial charge in [-0.3, -0.25) is 33.5 Å². The highest BCUT2D eigenvalue weighted by Gasteiger charge is 2.42. The number of likely N-dealkylation sites (tertiary alicyclic amines) is 2. The third kappa shape index (κ3) is 7.39. The number of primary amides is 1. The summed E-state index contributed by atoms with van der Waals surface area (Å²) >= 11 is 0. The van der Waals surface area contributed by atoms with Gasteiger partial charge in [0.05, 0.1) is 58.1 Å². The number of nitrogens with zero attached hydrogens (tertiary/aromatic N) is 11. The van der Waals surface area contributed by atoms with Gasteiger partial charge in [0.1, 0.15) is 17.4 Å². The van der Waals surface area contributed by atoms with Crippen LogP contribution in [0, 0.1) is 11.3 Å². The minimum absolute atomic E-state index is 0.0220. The van der Waals surface area contributed by atoms with Gasteiger partial charge in [-0.2, -0.15) is 10.2 Å². The van der Waals surface area contributed by atoms with Gasteiger partial charge >= 0.3 is 11.7 Å². The molecule has 5 amide bonds. The molecule has 4 fully saturated rings. The SMILES string of the molecule is Cn1c(=O)n(C2CCC(=O)NC2=O)c2cccc(NC(=O)N3CCC4(CCN(CC5CCC(n6cc(-n7cc(-c8ccc9cc(C(N)=O)cnn89)nn7)c(C(F)F)n6)CC5)C4)CC3)c21. The number of benzene rings is 1. The van der Waals surface area contributed by atoms with Crippen LogP contribution in [0.5, 0.6) is 0 Å². The Kier molecular flexibility index (Phi) is 10.4. The molecule has 4 N–H and O–H groups in total. The van der Waals surface area contributed by atoms with E-state index in [2.05, 4.69) is 36.0 Å². The summed E-state index contributed by atoms with van der Waals surface area (Å²) in [5, 5.41) is 22.4. The van der Waals surface area contributed by atoms with E-state index in [1.54, 1.807) is 65.0 Å². The van der Waals surface area contributed by atoms with Crippen LogP contribution in [0.15, 0.2) is 59.8 Å². The Morgan fingerprint density at radius 2 is 1.78 bits per heavy atom. The van der Waals surface area contributed by atoms with E-state index in [-0.39, 0.29) is 53.2 Å². The second-order valence-electron chi connectivity index (χ2n) is 17.8. The molecule has 21 heteroatoms. The van der Waals surface area contributed by atoms with Crippen molar-refractivity contribution in [2.45, 2.75) is 76.3 Å².